The second-order valence-corrected chi connectivity index (χ2v) is 7.08. The van der Waals surface area contributed by atoms with Crippen molar-refractivity contribution in [1.29, 1.82) is 0 Å². The number of carbonyl (C=O) groups is 1. The number of hydrogen-bond donors (Lipinski definition) is 2. The summed E-state index contributed by atoms with van der Waals surface area (Å²) in [6.07, 6.45) is 3.16. The van der Waals surface area contributed by atoms with Gasteiger partial charge in [0.1, 0.15) is 11.3 Å². The summed E-state index contributed by atoms with van der Waals surface area (Å²) in [5.74, 6) is 0.829. The van der Waals surface area contributed by atoms with E-state index in [1.807, 2.05) is 37.3 Å². The number of aromatic amines is 1. The van der Waals surface area contributed by atoms with E-state index in [0.29, 0.717) is 28.4 Å². The predicted octanol–water partition coefficient (Wildman–Crippen LogP) is 3.91. The predicted molar refractivity (Wildman–Crippen MR) is 96.8 cm³/mol. The number of nitrogens with one attached hydrogen (secondary N) is 2. The van der Waals surface area contributed by atoms with Gasteiger partial charge in [0.15, 0.2) is 5.65 Å². The smallest absolute Gasteiger partial charge is 0.255 e. The van der Waals surface area contributed by atoms with Gasteiger partial charge in [-0.1, -0.05) is 39.0 Å². The molecule has 1 unspecified atom stereocenters. The number of ether oxygens (including phenoxy) is 1. The molecule has 25 heavy (non-hydrogen) atoms. The SMILES string of the molecule is CC(NC(=O)c1c[nH]c2ncc(Oc3ccccc3)nc12)C(C)(C)C. The number of amides is 1. The lowest BCUT2D eigenvalue weighted by atomic mass is 9.88. The van der Waals surface area contributed by atoms with Crippen molar-refractivity contribution in [3.63, 3.8) is 0 Å². The average Bonchev–Trinajstić information content (AvgIpc) is 2.98. The van der Waals surface area contributed by atoms with E-state index in [1.165, 1.54) is 6.20 Å². The van der Waals surface area contributed by atoms with Gasteiger partial charge in [0, 0.05) is 12.2 Å². The molecular formula is C19H22N4O2. The molecule has 0 aliphatic carbocycles. The van der Waals surface area contributed by atoms with Crippen LogP contribution in [0.15, 0.2) is 42.7 Å². The second-order valence-electron chi connectivity index (χ2n) is 7.08. The summed E-state index contributed by atoms with van der Waals surface area (Å²) in [6, 6.07) is 9.35. The van der Waals surface area contributed by atoms with E-state index >= 15 is 0 Å². The molecule has 0 fully saturated rings. The number of rotatable bonds is 4. The van der Waals surface area contributed by atoms with Crippen LogP contribution in [0.25, 0.3) is 11.2 Å². The molecule has 2 heterocycles. The standard InChI is InChI=1S/C19H22N4O2/c1-12(19(2,3)4)22-18(24)14-10-20-17-16(14)23-15(11-21-17)25-13-8-6-5-7-9-13/h5-12H,1-4H3,(H,20,21)(H,22,24). The maximum Gasteiger partial charge on any atom is 0.255 e. The molecular weight excluding hydrogens is 316 g/mol. The molecule has 0 radical (unpaired) electrons. The lowest BCUT2D eigenvalue weighted by Crippen LogP contribution is -2.41. The van der Waals surface area contributed by atoms with Crippen molar-refractivity contribution in [2.24, 2.45) is 5.41 Å². The van der Waals surface area contributed by atoms with E-state index in [2.05, 4.69) is 41.0 Å². The van der Waals surface area contributed by atoms with Crippen LogP contribution in [0.5, 0.6) is 11.6 Å². The molecule has 0 aliphatic rings. The van der Waals surface area contributed by atoms with Crippen LogP contribution in [0.1, 0.15) is 38.1 Å². The Morgan fingerprint density at radius 3 is 2.64 bits per heavy atom. The summed E-state index contributed by atoms with van der Waals surface area (Å²) in [7, 11) is 0. The van der Waals surface area contributed by atoms with Crippen molar-refractivity contribution in [3.8, 4) is 11.6 Å². The van der Waals surface area contributed by atoms with Crippen molar-refractivity contribution in [1.82, 2.24) is 20.3 Å². The Hall–Kier alpha value is -2.89. The first kappa shape index (κ1) is 17.0. The van der Waals surface area contributed by atoms with E-state index in [9.17, 15) is 4.79 Å². The van der Waals surface area contributed by atoms with E-state index in [-0.39, 0.29) is 17.4 Å². The molecule has 6 nitrogen and oxygen atoms in total. The van der Waals surface area contributed by atoms with Gasteiger partial charge in [-0.15, -0.1) is 0 Å². The highest BCUT2D eigenvalue weighted by atomic mass is 16.5. The highest BCUT2D eigenvalue weighted by Crippen LogP contribution is 2.23. The molecule has 1 atom stereocenters. The largest absolute Gasteiger partial charge is 0.437 e. The molecule has 0 spiro atoms. The number of H-pyrrole nitrogens is 1. The number of nitrogens with zero attached hydrogens (tertiary/aromatic N) is 2. The summed E-state index contributed by atoms with van der Waals surface area (Å²) in [5.41, 5.74) is 1.47. The van der Waals surface area contributed by atoms with Gasteiger partial charge in [0.05, 0.1) is 11.8 Å². The monoisotopic (exact) mass is 338 g/mol. The Kier molecular flexibility index (Phi) is 4.44. The van der Waals surface area contributed by atoms with Crippen LogP contribution in [0.4, 0.5) is 0 Å². The van der Waals surface area contributed by atoms with Gasteiger partial charge in [-0.25, -0.2) is 9.97 Å². The lowest BCUT2D eigenvalue weighted by molar-refractivity contribution is 0.0911. The first-order chi connectivity index (χ1) is 11.8. The van der Waals surface area contributed by atoms with Crippen molar-refractivity contribution in [2.75, 3.05) is 0 Å². The number of carbonyl (C=O) groups excluding carboxylic acids is 1. The summed E-state index contributed by atoms with van der Waals surface area (Å²) in [6.45, 7) is 8.23. The van der Waals surface area contributed by atoms with Crippen LogP contribution < -0.4 is 10.1 Å². The Bertz CT molecular complexity index is 881. The van der Waals surface area contributed by atoms with Crippen LogP contribution in [0.2, 0.25) is 0 Å². The van der Waals surface area contributed by atoms with E-state index in [1.54, 1.807) is 6.20 Å². The number of fused-ring (bicyclic) bond motifs is 1. The van der Waals surface area contributed by atoms with Crippen LogP contribution in [-0.4, -0.2) is 26.9 Å². The molecule has 1 aromatic carbocycles. The van der Waals surface area contributed by atoms with Crippen LogP contribution >= 0.6 is 0 Å². The van der Waals surface area contributed by atoms with E-state index < -0.39 is 0 Å². The zero-order valence-electron chi connectivity index (χ0n) is 14.8. The zero-order valence-corrected chi connectivity index (χ0v) is 14.8. The highest BCUT2D eigenvalue weighted by molar-refractivity contribution is 6.04. The third kappa shape index (κ3) is 3.79. The van der Waals surface area contributed by atoms with Crippen LogP contribution in [0, 0.1) is 5.41 Å². The second kappa shape index (κ2) is 6.55. The maximum absolute atomic E-state index is 12.6. The number of benzene rings is 1. The molecule has 3 rings (SSSR count). The van der Waals surface area contributed by atoms with Crippen LogP contribution in [0.3, 0.4) is 0 Å². The normalized spacial score (nSPS) is 12.8. The maximum atomic E-state index is 12.6. The first-order valence-electron chi connectivity index (χ1n) is 8.22. The average molecular weight is 338 g/mol. The minimum absolute atomic E-state index is 0.0154. The molecule has 2 N–H and O–H groups in total. The zero-order chi connectivity index (χ0) is 18.0. The van der Waals surface area contributed by atoms with E-state index in [0.717, 1.165) is 0 Å². The third-order valence-electron chi connectivity index (χ3n) is 4.22. The summed E-state index contributed by atoms with van der Waals surface area (Å²) in [5, 5.41) is 3.02. The first-order valence-corrected chi connectivity index (χ1v) is 8.22. The molecule has 3 aromatic rings. The number of para-hydroxylation sites is 1. The molecule has 2 aromatic heterocycles. The van der Waals surface area contributed by atoms with Gasteiger partial charge < -0.3 is 15.0 Å². The molecule has 0 saturated carbocycles. The fraction of sp³-hybridized carbons (Fsp3) is 0.316. The summed E-state index contributed by atoms with van der Waals surface area (Å²) >= 11 is 0. The summed E-state index contributed by atoms with van der Waals surface area (Å²) < 4.78 is 5.71. The molecule has 0 saturated heterocycles. The molecule has 130 valence electrons. The van der Waals surface area contributed by atoms with Gasteiger partial charge >= 0.3 is 0 Å². The third-order valence-corrected chi connectivity index (χ3v) is 4.22. The summed E-state index contributed by atoms with van der Waals surface area (Å²) in [4.78, 5) is 24.3. The van der Waals surface area contributed by atoms with Gasteiger partial charge in [-0.2, -0.15) is 0 Å². The molecule has 1 amide bonds. The minimum Gasteiger partial charge on any atom is -0.437 e. The Morgan fingerprint density at radius 2 is 1.96 bits per heavy atom. The minimum atomic E-state index is -0.181. The van der Waals surface area contributed by atoms with Crippen LogP contribution in [-0.2, 0) is 0 Å². The van der Waals surface area contributed by atoms with Gasteiger partial charge in [-0.05, 0) is 24.5 Å². The number of aromatic nitrogens is 3. The Labute approximate surface area is 146 Å². The van der Waals surface area contributed by atoms with Gasteiger partial charge in [0.25, 0.3) is 5.91 Å². The van der Waals surface area contributed by atoms with Gasteiger partial charge in [0.2, 0.25) is 5.88 Å². The Balaban J connectivity index is 1.87. The van der Waals surface area contributed by atoms with E-state index in [4.69, 9.17) is 4.74 Å². The van der Waals surface area contributed by atoms with Gasteiger partial charge in [-0.3, -0.25) is 4.79 Å². The fourth-order valence-corrected chi connectivity index (χ4v) is 2.20. The van der Waals surface area contributed by atoms with Crippen molar-refractivity contribution in [2.45, 2.75) is 33.7 Å². The molecule has 0 bridgehead atoms. The molecule has 6 heteroatoms. The number of hydrogen-bond acceptors (Lipinski definition) is 4. The lowest BCUT2D eigenvalue weighted by Gasteiger charge is -2.27. The fourth-order valence-electron chi connectivity index (χ4n) is 2.20. The topological polar surface area (TPSA) is 79.9 Å². The molecule has 0 aliphatic heterocycles. The quantitative estimate of drug-likeness (QED) is 0.756. The highest BCUT2D eigenvalue weighted by Gasteiger charge is 2.24. The Morgan fingerprint density at radius 1 is 1.24 bits per heavy atom. The van der Waals surface area contributed by atoms with Crippen molar-refractivity contribution < 1.29 is 9.53 Å². The van der Waals surface area contributed by atoms with Crippen molar-refractivity contribution in [3.05, 3.63) is 48.3 Å². The van der Waals surface area contributed by atoms with Crippen molar-refractivity contribution >= 4 is 17.1 Å².